The van der Waals surface area contributed by atoms with Crippen LogP contribution >= 0.6 is 28.3 Å². The van der Waals surface area contributed by atoms with Gasteiger partial charge in [-0.25, -0.2) is 4.39 Å². The summed E-state index contributed by atoms with van der Waals surface area (Å²) >= 11 is 3.00. The van der Waals surface area contributed by atoms with Gasteiger partial charge in [0.2, 0.25) is 0 Å². The molecule has 3 N–H and O–H groups in total. The van der Waals surface area contributed by atoms with Crippen LogP contribution in [0.1, 0.15) is 31.9 Å². The Bertz CT molecular complexity index is 360. The topological polar surface area (TPSA) is 46.2 Å². The lowest BCUT2D eigenvalue weighted by Crippen LogP contribution is -2.13. The van der Waals surface area contributed by atoms with Crippen molar-refractivity contribution in [3.63, 3.8) is 0 Å². The summed E-state index contributed by atoms with van der Waals surface area (Å²) in [4.78, 5) is 0. The molecule has 1 rings (SSSR count). The van der Waals surface area contributed by atoms with Gasteiger partial charge < -0.3 is 10.8 Å². The third-order valence-corrected chi connectivity index (χ3v) is 2.84. The van der Waals surface area contributed by atoms with Gasteiger partial charge in [0.15, 0.2) is 11.6 Å². The predicted molar refractivity (Wildman–Crippen MR) is 69.4 cm³/mol. The first kappa shape index (κ1) is 15.7. The van der Waals surface area contributed by atoms with Gasteiger partial charge in [-0.1, -0.05) is 19.9 Å². The Labute approximate surface area is 110 Å². The van der Waals surface area contributed by atoms with Crippen LogP contribution in [0.15, 0.2) is 16.6 Å². The number of rotatable bonds is 3. The lowest BCUT2D eigenvalue weighted by Gasteiger charge is -2.16. The lowest BCUT2D eigenvalue weighted by atomic mass is 9.97. The molecule has 2 nitrogen and oxygen atoms in total. The molecule has 0 heterocycles. The summed E-state index contributed by atoms with van der Waals surface area (Å²) in [6.45, 7) is 4.07. The highest BCUT2D eigenvalue weighted by Crippen LogP contribution is 2.32. The molecule has 1 atom stereocenters. The zero-order chi connectivity index (χ0) is 11.6. The second-order valence-electron chi connectivity index (χ2n) is 4.04. The fourth-order valence-electron chi connectivity index (χ4n) is 1.49. The van der Waals surface area contributed by atoms with Gasteiger partial charge in [-0.3, -0.25) is 0 Å². The Hall–Kier alpha value is -0.320. The maximum Gasteiger partial charge on any atom is 0.179 e. The zero-order valence-corrected chi connectivity index (χ0v) is 11.6. The molecule has 0 radical (unpaired) electrons. The molecule has 0 spiro atoms. The highest BCUT2D eigenvalue weighted by Gasteiger charge is 2.17. The maximum atomic E-state index is 13.3. The predicted octanol–water partition coefficient (Wildman–Crippen LogP) is 3.76. The Morgan fingerprint density at radius 2 is 2.00 bits per heavy atom. The number of hydrogen-bond acceptors (Lipinski definition) is 2. The van der Waals surface area contributed by atoms with Crippen molar-refractivity contribution in [1.29, 1.82) is 0 Å². The van der Waals surface area contributed by atoms with Crippen LogP contribution in [0.3, 0.4) is 0 Å². The number of hydrogen-bond donors (Lipinski definition) is 2. The molecule has 0 aliphatic heterocycles. The lowest BCUT2D eigenvalue weighted by molar-refractivity contribution is 0.410. The van der Waals surface area contributed by atoms with Crippen molar-refractivity contribution in [2.75, 3.05) is 0 Å². The van der Waals surface area contributed by atoms with Gasteiger partial charge in [-0.2, -0.15) is 0 Å². The maximum absolute atomic E-state index is 13.3. The number of phenols is 1. The van der Waals surface area contributed by atoms with Crippen molar-refractivity contribution < 1.29 is 9.50 Å². The van der Waals surface area contributed by atoms with Gasteiger partial charge in [0, 0.05) is 11.6 Å². The fraction of sp³-hybridized carbons (Fsp3) is 0.455. The normalized spacial score (nSPS) is 12.4. The monoisotopic (exact) mass is 311 g/mol. The minimum Gasteiger partial charge on any atom is -0.505 e. The first-order valence-electron chi connectivity index (χ1n) is 4.86. The van der Waals surface area contributed by atoms with Gasteiger partial charge in [0.1, 0.15) is 0 Å². The highest BCUT2D eigenvalue weighted by molar-refractivity contribution is 9.10. The van der Waals surface area contributed by atoms with Crippen LogP contribution in [0.4, 0.5) is 4.39 Å². The summed E-state index contributed by atoms with van der Waals surface area (Å²) in [5.41, 5.74) is 6.34. The van der Waals surface area contributed by atoms with E-state index in [1.54, 1.807) is 12.1 Å². The molecule has 0 aliphatic carbocycles. The third-order valence-electron chi connectivity index (χ3n) is 2.23. The first-order chi connectivity index (χ1) is 6.93. The number of benzene rings is 1. The van der Waals surface area contributed by atoms with Crippen LogP contribution in [-0.2, 0) is 0 Å². The average molecular weight is 313 g/mol. The van der Waals surface area contributed by atoms with Crippen LogP contribution < -0.4 is 5.73 Å². The van der Waals surface area contributed by atoms with E-state index in [2.05, 4.69) is 15.9 Å². The molecule has 16 heavy (non-hydrogen) atoms. The summed E-state index contributed by atoms with van der Waals surface area (Å²) in [6, 6.07) is 2.88. The number of aromatic hydroxyl groups is 1. The van der Waals surface area contributed by atoms with Crippen molar-refractivity contribution in [2.45, 2.75) is 26.3 Å². The SMILES string of the molecule is CC(C)C[C@@H](N)c1ccc(Br)c(F)c1O.Cl. The first-order valence-corrected chi connectivity index (χ1v) is 5.65. The molecular formula is C11H16BrClFNO. The molecule has 0 aliphatic rings. The van der Waals surface area contributed by atoms with Crippen molar-refractivity contribution in [2.24, 2.45) is 11.7 Å². The van der Waals surface area contributed by atoms with Crippen LogP contribution in [0.5, 0.6) is 5.75 Å². The molecule has 0 saturated carbocycles. The largest absolute Gasteiger partial charge is 0.505 e. The molecule has 0 bridgehead atoms. The van der Waals surface area contributed by atoms with E-state index in [0.29, 0.717) is 17.9 Å². The van der Waals surface area contributed by atoms with E-state index in [4.69, 9.17) is 5.73 Å². The Balaban J connectivity index is 0.00000225. The van der Waals surface area contributed by atoms with Crippen LogP contribution in [0, 0.1) is 11.7 Å². The molecule has 92 valence electrons. The Morgan fingerprint density at radius 1 is 1.44 bits per heavy atom. The summed E-state index contributed by atoms with van der Waals surface area (Å²) in [6.07, 6.45) is 0.717. The molecule has 0 saturated heterocycles. The van der Waals surface area contributed by atoms with Crippen LogP contribution in [0.25, 0.3) is 0 Å². The summed E-state index contributed by atoms with van der Waals surface area (Å²) in [5.74, 6) is -0.588. The zero-order valence-electron chi connectivity index (χ0n) is 9.21. The van der Waals surface area contributed by atoms with E-state index in [-0.39, 0.29) is 28.7 Å². The summed E-state index contributed by atoms with van der Waals surface area (Å²) < 4.78 is 13.6. The molecule has 0 aromatic heterocycles. The van der Waals surface area contributed by atoms with E-state index in [1.807, 2.05) is 13.8 Å². The third kappa shape index (κ3) is 3.61. The Kier molecular flexibility index (Phi) is 6.30. The van der Waals surface area contributed by atoms with Crippen molar-refractivity contribution in [3.05, 3.63) is 28.0 Å². The van der Waals surface area contributed by atoms with Crippen molar-refractivity contribution >= 4 is 28.3 Å². The van der Waals surface area contributed by atoms with E-state index in [9.17, 15) is 9.50 Å². The molecule has 1 aromatic rings. The van der Waals surface area contributed by atoms with Crippen LogP contribution in [0.2, 0.25) is 0 Å². The van der Waals surface area contributed by atoms with E-state index in [0.717, 1.165) is 0 Å². The average Bonchev–Trinajstić information content (AvgIpc) is 2.13. The van der Waals surface area contributed by atoms with Crippen molar-refractivity contribution in [1.82, 2.24) is 0 Å². The Morgan fingerprint density at radius 3 is 2.50 bits per heavy atom. The second kappa shape index (κ2) is 6.42. The number of halogens is 3. The second-order valence-corrected chi connectivity index (χ2v) is 4.89. The van der Waals surface area contributed by atoms with Gasteiger partial charge in [0.05, 0.1) is 4.47 Å². The van der Waals surface area contributed by atoms with Gasteiger partial charge in [-0.15, -0.1) is 12.4 Å². The highest BCUT2D eigenvalue weighted by atomic mass is 79.9. The minimum atomic E-state index is -0.647. The quantitative estimate of drug-likeness (QED) is 0.892. The molecule has 0 unspecified atom stereocenters. The molecule has 1 aromatic carbocycles. The van der Waals surface area contributed by atoms with E-state index in [1.165, 1.54) is 0 Å². The van der Waals surface area contributed by atoms with E-state index < -0.39 is 5.82 Å². The van der Waals surface area contributed by atoms with E-state index >= 15 is 0 Å². The minimum absolute atomic E-state index is 0. The van der Waals surface area contributed by atoms with Gasteiger partial charge >= 0.3 is 0 Å². The fourth-order valence-corrected chi connectivity index (χ4v) is 1.81. The molecule has 0 fully saturated rings. The molecule has 5 heteroatoms. The summed E-state index contributed by atoms with van der Waals surface area (Å²) in [7, 11) is 0. The smallest absolute Gasteiger partial charge is 0.179 e. The van der Waals surface area contributed by atoms with Gasteiger partial charge in [0.25, 0.3) is 0 Å². The van der Waals surface area contributed by atoms with Gasteiger partial charge in [-0.05, 0) is 34.3 Å². The summed E-state index contributed by atoms with van der Waals surface area (Å²) in [5, 5.41) is 9.58. The number of phenolic OH excluding ortho intramolecular Hbond substituents is 1. The number of nitrogens with two attached hydrogens (primary N) is 1. The standard InChI is InChI=1S/C11H15BrFNO.ClH/c1-6(2)5-9(14)7-3-4-8(12)10(13)11(7)15;/h3-4,6,9,15H,5,14H2,1-2H3;1H/t9-;/m1./s1. The van der Waals surface area contributed by atoms with Crippen molar-refractivity contribution in [3.8, 4) is 5.75 Å². The van der Waals surface area contributed by atoms with Crippen LogP contribution in [-0.4, -0.2) is 5.11 Å². The molecule has 0 amide bonds. The molecular weight excluding hydrogens is 296 g/mol.